The zero-order valence-electron chi connectivity index (χ0n) is 12.3. The van der Waals surface area contributed by atoms with E-state index in [1.807, 2.05) is 49.4 Å². The summed E-state index contributed by atoms with van der Waals surface area (Å²) in [5.74, 6) is 1.54. The molecule has 0 saturated heterocycles. The third-order valence-electron chi connectivity index (χ3n) is 2.96. The van der Waals surface area contributed by atoms with Crippen molar-refractivity contribution >= 4 is 29.1 Å². The molecule has 0 aliphatic carbocycles. The molecule has 108 valence electrons. The van der Waals surface area contributed by atoms with Gasteiger partial charge in [-0.1, -0.05) is 23.9 Å². The molecule has 1 N–H and O–H groups in total. The molecule has 1 aromatic carbocycles. The van der Waals surface area contributed by atoms with E-state index in [2.05, 4.69) is 21.4 Å². The van der Waals surface area contributed by atoms with Gasteiger partial charge in [-0.3, -0.25) is 0 Å². The van der Waals surface area contributed by atoms with E-state index in [1.165, 1.54) is 11.8 Å². The summed E-state index contributed by atoms with van der Waals surface area (Å²) in [4.78, 5) is 10.8. The lowest BCUT2D eigenvalue weighted by Crippen LogP contribution is -2.14. The number of nitriles is 1. The van der Waals surface area contributed by atoms with Crippen LogP contribution in [0.5, 0.6) is 0 Å². The first-order valence-corrected chi connectivity index (χ1v) is 7.81. The number of hydrogen-bond donors (Lipinski definition) is 1. The van der Waals surface area contributed by atoms with E-state index < -0.39 is 0 Å². The van der Waals surface area contributed by atoms with Crippen LogP contribution < -0.4 is 10.2 Å². The second kappa shape index (κ2) is 6.95. The van der Waals surface area contributed by atoms with Gasteiger partial charge in [0.1, 0.15) is 17.7 Å². The van der Waals surface area contributed by atoms with E-state index in [1.54, 1.807) is 6.07 Å². The lowest BCUT2D eigenvalue weighted by molar-refractivity contribution is 0.940. The fourth-order valence-electron chi connectivity index (χ4n) is 1.93. The van der Waals surface area contributed by atoms with Crippen LogP contribution in [0.25, 0.3) is 0 Å². The van der Waals surface area contributed by atoms with Gasteiger partial charge in [0, 0.05) is 19.7 Å². The number of thioether (sulfide) groups is 1. The summed E-state index contributed by atoms with van der Waals surface area (Å²) in [5.41, 5.74) is 1.45. The zero-order chi connectivity index (χ0) is 15.2. The Morgan fingerprint density at radius 1 is 1.33 bits per heavy atom. The molecule has 6 heteroatoms. The Morgan fingerprint density at radius 2 is 2.10 bits per heavy atom. The summed E-state index contributed by atoms with van der Waals surface area (Å²) in [6, 6.07) is 11.6. The van der Waals surface area contributed by atoms with E-state index in [0.29, 0.717) is 10.7 Å². The maximum absolute atomic E-state index is 9.23. The molecule has 2 aromatic rings. The molecule has 0 bridgehead atoms. The van der Waals surface area contributed by atoms with E-state index in [-0.39, 0.29) is 0 Å². The van der Waals surface area contributed by atoms with Gasteiger partial charge in [-0.2, -0.15) is 5.26 Å². The van der Waals surface area contributed by atoms with Gasteiger partial charge in [-0.05, 0) is 25.3 Å². The number of rotatable bonds is 5. The Kier molecular flexibility index (Phi) is 5.01. The Bertz CT molecular complexity index is 665. The van der Waals surface area contributed by atoms with Crippen LogP contribution in [-0.2, 0) is 0 Å². The topological polar surface area (TPSA) is 64.8 Å². The molecule has 0 saturated carbocycles. The smallest absolute Gasteiger partial charge is 0.191 e. The van der Waals surface area contributed by atoms with Crippen LogP contribution in [0.15, 0.2) is 35.5 Å². The van der Waals surface area contributed by atoms with Crippen molar-refractivity contribution in [3.63, 3.8) is 0 Å². The third kappa shape index (κ3) is 3.44. The monoisotopic (exact) mass is 299 g/mol. The van der Waals surface area contributed by atoms with E-state index in [0.717, 1.165) is 23.9 Å². The van der Waals surface area contributed by atoms with E-state index in [9.17, 15) is 5.26 Å². The highest BCUT2D eigenvalue weighted by Gasteiger charge is 2.12. The number of nitrogens with one attached hydrogen (secondary N) is 1. The number of benzene rings is 1. The third-order valence-corrected chi connectivity index (χ3v) is 3.51. The molecule has 21 heavy (non-hydrogen) atoms. The maximum atomic E-state index is 9.23. The first kappa shape index (κ1) is 15.1. The van der Waals surface area contributed by atoms with Gasteiger partial charge in [0.15, 0.2) is 5.16 Å². The van der Waals surface area contributed by atoms with Crippen molar-refractivity contribution in [2.75, 3.05) is 30.1 Å². The van der Waals surface area contributed by atoms with E-state index in [4.69, 9.17) is 0 Å². The molecule has 0 fully saturated rings. The Balaban J connectivity index is 2.45. The van der Waals surface area contributed by atoms with Gasteiger partial charge < -0.3 is 10.2 Å². The van der Waals surface area contributed by atoms with Crippen molar-refractivity contribution in [3.8, 4) is 6.07 Å². The minimum atomic E-state index is 0.620. The van der Waals surface area contributed by atoms with Crippen LogP contribution in [0.2, 0.25) is 0 Å². The molecule has 1 heterocycles. The van der Waals surface area contributed by atoms with Crippen LogP contribution in [0, 0.1) is 11.3 Å². The van der Waals surface area contributed by atoms with Crippen molar-refractivity contribution in [2.45, 2.75) is 12.1 Å². The standard InChI is InChI=1S/C15H17N5S/c1-4-17-13-9-14(19-15(18-13)21-3)20(2)12-8-6-5-7-11(12)10-16/h5-9H,4H2,1-3H3,(H,17,18,19). The number of anilines is 3. The van der Waals surface area contributed by atoms with E-state index >= 15 is 0 Å². The van der Waals surface area contributed by atoms with Gasteiger partial charge in [-0.25, -0.2) is 9.97 Å². The Hall–Kier alpha value is -2.26. The fourth-order valence-corrected chi connectivity index (χ4v) is 2.31. The lowest BCUT2D eigenvalue weighted by Gasteiger charge is -2.20. The molecular formula is C15H17N5S. The SMILES string of the molecule is CCNc1cc(N(C)c2ccccc2C#N)nc(SC)n1. The number of nitrogens with zero attached hydrogens (tertiary/aromatic N) is 4. The first-order chi connectivity index (χ1) is 10.2. The summed E-state index contributed by atoms with van der Waals surface area (Å²) >= 11 is 1.49. The Labute approximate surface area is 129 Å². The predicted octanol–water partition coefficient (Wildman–Crippen LogP) is 3.27. The fraction of sp³-hybridized carbons (Fsp3) is 0.267. The second-order valence-corrected chi connectivity index (χ2v) is 5.09. The molecule has 0 aliphatic rings. The van der Waals surface area contributed by atoms with Gasteiger partial charge >= 0.3 is 0 Å². The first-order valence-electron chi connectivity index (χ1n) is 6.59. The minimum Gasteiger partial charge on any atom is -0.370 e. The number of hydrogen-bond acceptors (Lipinski definition) is 6. The van der Waals surface area contributed by atoms with Gasteiger partial charge in [0.2, 0.25) is 0 Å². The van der Waals surface area contributed by atoms with Crippen LogP contribution >= 0.6 is 11.8 Å². The van der Waals surface area contributed by atoms with Gasteiger partial charge in [0.25, 0.3) is 0 Å². The Morgan fingerprint density at radius 3 is 2.76 bits per heavy atom. The van der Waals surface area contributed by atoms with Crippen LogP contribution in [0.4, 0.5) is 17.3 Å². The molecule has 0 unspecified atom stereocenters. The number of aromatic nitrogens is 2. The average Bonchev–Trinajstić information content (AvgIpc) is 2.54. The molecule has 0 amide bonds. The largest absolute Gasteiger partial charge is 0.370 e. The number of para-hydroxylation sites is 1. The zero-order valence-corrected chi connectivity index (χ0v) is 13.1. The molecule has 0 atom stereocenters. The molecule has 0 spiro atoms. The van der Waals surface area contributed by atoms with Crippen molar-refractivity contribution in [1.82, 2.24) is 9.97 Å². The van der Waals surface area contributed by atoms with Gasteiger partial charge in [-0.15, -0.1) is 0 Å². The van der Waals surface area contributed by atoms with Crippen LogP contribution in [-0.4, -0.2) is 29.8 Å². The molecule has 0 radical (unpaired) electrons. The summed E-state index contributed by atoms with van der Waals surface area (Å²) in [6.07, 6.45) is 1.94. The highest BCUT2D eigenvalue weighted by atomic mass is 32.2. The van der Waals surface area contributed by atoms with Crippen molar-refractivity contribution in [3.05, 3.63) is 35.9 Å². The summed E-state index contributed by atoms with van der Waals surface area (Å²) < 4.78 is 0. The second-order valence-electron chi connectivity index (χ2n) is 4.32. The van der Waals surface area contributed by atoms with Crippen molar-refractivity contribution < 1.29 is 0 Å². The van der Waals surface area contributed by atoms with Crippen LogP contribution in [0.1, 0.15) is 12.5 Å². The molecule has 1 aromatic heterocycles. The molecule has 0 aliphatic heterocycles. The average molecular weight is 299 g/mol. The molecule has 2 rings (SSSR count). The van der Waals surface area contributed by atoms with Gasteiger partial charge in [0.05, 0.1) is 11.3 Å². The maximum Gasteiger partial charge on any atom is 0.191 e. The van der Waals surface area contributed by atoms with Crippen LogP contribution in [0.3, 0.4) is 0 Å². The molecular weight excluding hydrogens is 282 g/mol. The lowest BCUT2D eigenvalue weighted by atomic mass is 10.2. The highest BCUT2D eigenvalue weighted by Crippen LogP contribution is 2.27. The summed E-state index contributed by atoms with van der Waals surface area (Å²) in [6.45, 7) is 2.82. The highest BCUT2D eigenvalue weighted by molar-refractivity contribution is 7.98. The summed E-state index contributed by atoms with van der Waals surface area (Å²) in [5, 5.41) is 13.1. The normalized spacial score (nSPS) is 10.0. The molecule has 5 nitrogen and oxygen atoms in total. The summed E-state index contributed by atoms with van der Waals surface area (Å²) in [7, 11) is 1.90. The van der Waals surface area contributed by atoms with Crippen molar-refractivity contribution in [1.29, 1.82) is 5.26 Å². The quantitative estimate of drug-likeness (QED) is 0.675. The minimum absolute atomic E-state index is 0.620. The van der Waals surface area contributed by atoms with Crippen molar-refractivity contribution in [2.24, 2.45) is 0 Å². The predicted molar refractivity (Wildman–Crippen MR) is 87.2 cm³/mol.